The van der Waals surface area contributed by atoms with E-state index in [1.54, 1.807) is 11.3 Å². The summed E-state index contributed by atoms with van der Waals surface area (Å²) in [6, 6.07) is 0. The van der Waals surface area contributed by atoms with E-state index in [2.05, 4.69) is 25.3 Å². The molecular weight excluding hydrogens is 476 g/mol. The lowest BCUT2D eigenvalue weighted by molar-refractivity contribution is -0.757. The van der Waals surface area contributed by atoms with Crippen LogP contribution in [0.15, 0.2) is 18.2 Å². The van der Waals surface area contributed by atoms with Gasteiger partial charge < -0.3 is 9.57 Å². The molecule has 8 heteroatoms. The first kappa shape index (κ1) is 25.4. The number of hydrogen-bond donors (Lipinski definition) is 0. The lowest BCUT2D eigenvalue weighted by Gasteiger charge is -2.57. The zero-order valence-electron chi connectivity index (χ0n) is 21.7. The molecule has 5 rings (SSSR count). The monoisotopic (exact) mass is 514 g/mol. The highest BCUT2D eigenvalue weighted by Crippen LogP contribution is 2.65. The molecular formula is C28H38N2O5S. The van der Waals surface area contributed by atoms with Crippen LogP contribution in [0, 0.1) is 45.6 Å². The van der Waals surface area contributed by atoms with Gasteiger partial charge >= 0.3 is 0 Å². The minimum absolute atomic E-state index is 0.0910. The summed E-state index contributed by atoms with van der Waals surface area (Å²) in [5.41, 5.74) is 2.69. The Bertz CT molecular complexity index is 1100. The number of fused-ring (bicyclic) bond motifs is 5. The van der Waals surface area contributed by atoms with E-state index in [1.165, 1.54) is 24.8 Å². The van der Waals surface area contributed by atoms with E-state index in [4.69, 9.17) is 9.72 Å². The molecule has 196 valence electrons. The highest BCUT2D eigenvalue weighted by Gasteiger charge is 2.59. The molecule has 36 heavy (non-hydrogen) atoms. The summed E-state index contributed by atoms with van der Waals surface area (Å²) in [4.78, 5) is 32.7. The molecule has 0 radical (unpaired) electrons. The number of aromatic nitrogens is 1. The normalized spacial score (nSPS) is 35.3. The van der Waals surface area contributed by atoms with Crippen molar-refractivity contribution in [1.82, 2.24) is 4.98 Å². The molecule has 0 saturated heterocycles. The SMILES string of the molecule is C=C(OC1CCC2C3CCC4=CC(=O)CCC4(C)C3CCC12C)c1nc(C)c(CCCO[N+](=O)[O-])s1. The summed E-state index contributed by atoms with van der Waals surface area (Å²) in [5.74, 6) is 3.00. The summed E-state index contributed by atoms with van der Waals surface area (Å²) < 4.78 is 6.60. The van der Waals surface area contributed by atoms with Gasteiger partial charge in [0.25, 0.3) is 5.09 Å². The second-order valence-corrected chi connectivity index (χ2v) is 12.9. The van der Waals surface area contributed by atoms with E-state index >= 15 is 0 Å². The minimum atomic E-state index is -0.747. The molecule has 4 aliphatic carbocycles. The van der Waals surface area contributed by atoms with Crippen molar-refractivity contribution in [2.75, 3.05) is 6.61 Å². The van der Waals surface area contributed by atoms with Gasteiger partial charge in [-0.05, 0) is 94.0 Å². The van der Waals surface area contributed by atoms with Crippen molar-refractivity contribution in [2.24, 2.45) is 28.6 Å². The predicted octanol–water partition coefficient (Wildman–Crippen LogP) is 6.48. The molecule has 1 heterocycles. The number of ketones is 1. The third kappa shape index (κ3) is 4.39. The smallest absolute Gasteiger partial charge is 0.294 e. The van der Waals surface area contributed by atoms with Gasteiger partial charge in [-0.2, -0.15) is 0 Å². The summed E-state index contributed by atoms with van der Waals surface area (Å²) in [5, 5.41) is 10.4. The van der Waals surface area contributed by atoms with Crippen molar-refractivity contribution in [1.29, 1.82) is 0 Å². The number of carbonyl (C=O) groups is 1. The van der Waals surface area contributed by atoms with Crippen LogP contribution in [0.4, 0.5) is 0 Å². The van der Waals surface area contributed by atoms with Crippen LogP contribution in [-0.2, 0) is 20.8 Å². The van der Waals surface area contributed by atoms with Crippen molar-refractivity contribution in [3.63, 3.8) is 0 Å². The summed E-state index contributed by atoms with van der Waals surface area (Å²) in [6.07, 6.45) is 12.0. The zero-order valence-corrected chi connectivity index (χ0v) is 22.5. The molecule has 7 nitrogen and oxygen atoms in total. The van der Waals surface area contributed by atoms with Crippen molar-refractivity contribution in [3.05, 3.63) is 43.9 Å². The molecule has 0 amide bonds. The maximum absolute atomic E-state index is 12.1. The third-order valence-electron chi connectivity index (χ3n) is 10.0. The highest BCUT2D eigenvalue weighted by molar-refractivity contribution is 7.12. The number of aryl methyl sites for hydroxylation is 2. The fraction of sp³-hybridized carbons (Fsp3) is 0.714. The van der Waals surface area contributed by atoms with Crippen LogP contribution < -0.4 is 0 Å². The third-order valence-corrected chi connectivity index (χ3v) is 11.3. The van der Waals surface area contributed by atoms with Gasteiger partial charge in [0.05, 0.1) is 12.3 Å². The molecule has 4 aliphatic rings. The van der Waals surface area contributed by atoms with Gasteiger partial charge in [0.15, 0.2) is 10.8 Å². The van der Waals surface area contributed by atoms with Gasteiger partial charge in [0, 0.05) is 16.7 Å². The van der Waals surface area contributed by atoms with E-state index in [9.17, 15) is 14.9 Å². The van der Waals surface area contributed by atoms with Crippen molar-refractivity contribution < 1.29 is 19.5 Å². The van der Waals surface area contributed by atoms with Crippen molar-refractivity contribution in [3.8, 4) is 0 Å². The zero-order chi connectivity index (χ0) is 25.7. The van der Waals surface area contributed by atoms with Gasteiger partial charge in [-0.1, -0.05) is 26.0 Å². The minimum Gasteiger partial charge on any atom is -0.487 e. The molecule has 6 atom stereocenters. The Hall–Kier alpha value is -2.22. The Morgan fingerprint density at radius 3 is 2.81 bits per heavy atom. The molecule has 0 N–H and O–H groups in total. The Morgan fingerprint density at radius 1 is 1.22 bits per heavy atom. The maximum Gasteiger partial charge on any atom is 0.294 e. The van der Waals surface area contributed by atoms with E-state index in [-0.39, 0.29) is 23.5 Å². The number of rotatable bonds is 8. The average Bonchev–Trinajstić information content (AvgIpc) is 3.36. The first-order valence-corrected chi connectivity index (χ1v) is 14.3. The molecule has 6 unspecified atom stereocenters. The van der Waals surface area contributed by atoms with Gasteiger partial charge in [-0.25, -0.2) is 4.98 Å². The molecule has 3 fully saturated rings. The lowest BCUT2D eigenvalue weighted by atomic mass is 9.47. The Morgan fingerprint density at radius 2 is 2.03 bits per heavy atom. The molecule has 3 saturated carbocycles. The number of ether oxygens (including phenoxy) is 1. The van der Waals surface area contributed by atoms with Crippen LogP contribution in [0.5, 0.6) is 0 Å². The Balaban J connectivity index is 1.25. The van der Waals surface area contributed by atoms with Gasteiger partial charge in [0.1, 0.15) is 11.9 Å². The molecule has 0 aromatic carbocycles. The number of nitrogens with zero attached hydrogens (tertiary/aromatic N) is 2. The van der Waals surface area contributed by atoms with Crippen LogP contribution in [-0.4, -0.2) is 28.6 Å². The molecule has 0 bridgehead atoms. The van der Waals surface area contributed by atoms with E-state index in [1.807, 2.05) is 13.0 Å². The number of allylic oxidation sites excluding steroid dienone is 1. The Kier molecular flexibility index (Phi) is 6.77. The number of carbonyl (C=O) groups excluding carboxylic acids is 1. The molecule has 1 aromatic heterocycles. The van der Waals surface area contributed by atoms with Crippen LogP contribution in [0.1, 0.15) is 87.2 Å². The molecule has 0 spiro atoms. The fourth-order valence-electron chi connectivity index (χ4n) is 8.08. The number of hydrogen-bond acceptors (Lipinski definition) is 7. The van der Waals surface area contributed by atoms with E-state index in [0.29, 0.717) is 48.6 Å². The van der Waals surface area contributed by atoms with Crippen LogP contribution in [0.3, 0.4) is 0 Å². The second kappa shape index (κ2) is 9.58. The predicted molar refractivity (Wildman–Crippen MR) is 139 cm³/mol. The van der Waals surface area contributed by atoms with Gasteiger partial charge in [0.2, 0.25) is 0 Å². The first-order chi connectivity index (χ1) is 17.1. The van der Waals surface area contributed by atoms with Crippen LogP contribution in [0.25, 0.3) is 5.76 Å². The van der Waals surface area contributed by atoms with E-state index < -0.39 is 5.09 Å². The topological polar surface area (TPSA) is 91.6 Å². The quantitative estimate of drug-likeness (QED) is 0.171. The molecule has 0 aliphatic heterocycles. The second-order valence-electron chi connectivity index (χ2n) is 11.8. The van der Waals surface area contributed by atoms with Gasteiger partial charge in [-0.3, -0.25) is 4.79 Å². The van der Waals surface area contributed by atoms with Crippen LogP contribution >= 0.6 is 11.3 Å². The first-order valence-electron chi connectivity index (χ1n) is 13.5. The van der Waals surface area contributed by atoms with Crippen molar-refractivity contribution >= 4 is 22.9 Å². The lowest BCUT2D eigenvalue weighted by Crippen LogP contribution is -2.51. The highest BCUT2D eigenvalue weighted by atomic mass is 32.1. The van der Waals surface area contributed by atoms with Crippen molar-refractivity contribution in [2.45, 2.75) is 91.1 Å². The van der Waals surface area contributed by atoms with Gasteiger partial charge in [-0.15, -0.1) is 21.5 Å². The maximum atomic E-state index is 12.1. The summed E-state index contributed by atoms with van der Waals surface area (Å²) >= 11 is 1.57. The van der Waals surface area contributed by atoms with E-state index in [0.717, 1.165) is 41.3 Å². The fourth-order valence-corrected chi connectivity index (χ4v) is 9.10. The Labute approximate surface area is 217 Å². The summed E-state index contributed by atoms with van der Waals surface area (Å²) in [6.45, 7) is 11.2. The van der Waals surface area contributed by atoms with Crippen LogP contribution in [0.2, 0.25) is 0 Å². The standard InChI is InChI=1S/C28H38N2O5S/c1-17-24(6-5-15-34-30(32)33)36-26(29-17)18(2)35-25-10-9-22-21-8-7-19-16-20(31)11-13-27(19,3)23(21)12-14-28(22,25)4/h16,21-23,25H,2,5-15H2,1,3-4H3. The summed E-state index contributed by atoms with van der Waals surface area (Å²) in [7, 11) is 0. The average molecular weight is 515 g/mol. The molecule has 1 aromatic rings. The number of thiazole rings is 1. The largest absolute Gasteiger partial charge is 0.487 e.